The summed E-state index contributed by atoms with van der Waals surface area (Å²) in [6, 6.07) is 6.05. The van der Waals surface area contributed by atoms with E-state index in [-0.39, 0.29) is 11.6 Å². The minimum Gasteiger partial charge on any atom is -0.352 e. The maximum absolute atomic E-state index is 11.3. The third kappa shape index (κ3) is 2.26. The summed E-state index contributed by atoms with van der Waals surface area (Å²) >= 11 is 0. The highest BCUT2D eigenvalue weighted by atomic mass is 16.6. The lowest BCUT2D eigenvalue weighted by atomic mass is 10.1. The van der Waals surface area contributed by atoms with Crippen LogP contribution in [0.1, 0.15) is 18.7 Å². The molecule has 1 heterocycles. The molecule has 0 aromatic heterocycles. The number of carbonyl (C=O) groups is 1. The van der Waals surface area contributed by atoms with Crippen LogP contribution in [0.25, 0.3) is 0 Å². The minimum atomic E-state index is -0.456. The van der Waals surface area contributed by atoms with E-state index >= 15 is 0 Å². The summed E-state index contributed by atoms with van der Waals surface area (Å²) in [5, 5.41) is 10.5. The van der Waals surface area contributed by atoms with Crippen molar-refractivity contribution in [2.45, 2.75) is 13.2 Å². The molecule has 1 fully saturated rings. The van der Waals surface area contributed by atoms with E-state index in [0.29, 0.717) is 13.2 Å². The molecule has 1 aromatic rings. The number of nitro groups is 1. The topological polar surface area (TPSA) is 72.7 Å². The molecule has 17 heavy (non-hydrogen) atoms. The average molecular weight is 236 g/mol. The van der Waals surface area contributed by atoms with Crippen LogP contribution in [0.3, 0.4) is 0 Å². The van der Waals surface area contributed by atoms with Crippen LogP contribution < -0.4 is 0 Å². The first-order valence-electron chi connectivity index (χ1n) is 5.23. The molecule has 6 heteroatoms. The van der Waals surface area contributed by atoms with Gasteiger partial charge in [0.2, 0.25) is 5.91 Å². The number of benzene rings is 1. The van der Waals surface area contributed by atoms with Gasteiger partial charge >= 0.3 is 0 Å². The van der Waals surface area contributed by atoms with Crippen LogP contribution in [0.5, 0.6) is 0 Å². The van der Waals surface area contributed by atoms with Gasteiger partial charge in [-0.1, -0.05) is 0 Å². The number of ether oxygens (including phenoxy) is 1. The van der Waals surface area contributed by atoms with Gasteiger partial charge in [-0.25, -0.2) is 0 Å². The second kappa shape index (κ2) is 4.50. The molecule has 0 aliphatic carbocycles. The van der Waals surface area contributed by atoms with E-state index in [9.17, 15) is 14.9 Å². The van der Waals surface area contributed by atoms with Crippen molar-refractivity contribution in [1.29, 1.82) is 0 Å². The van der Waals surface area contributed by atoms with Gasteiger partial charge < -0.3 is 9.64 Å². The normalized spacial score (nSPS) is 19.4. The van der Waals surface area contributed by atoms with Gasteiger partial charge in [-0.15, -0.1) is 0 Å². The number of rotatable bonds is 2. The fraction of sp³-hybridized carbons (Fsp3) is 0.364. The zero-order chi connectivity index (χ0) is 12.4. The van der Waals surface area contributed by atoms with Gasteiger partial charge in [-0.05, 0) is 12.1 Å². The van der Waals surface area contributed by atoms with Gasteiger partial charge in [-0.2, -0.15) is 0 Å². The zero-order valence-electron chi connectivity index (χ0n) is 9.33. The summed E-state index contributed by atoms with van der Waals surface area (Å²) in [6.07, 6.45) is -0.423. The smallest absolute Gasteiger partial charge is 0.269 e. The van der Waals surface area contributed by atoms with Gasteiger partial charge in [0.15, 0.2) is 6.23 Å². The molecule has 1 aromatic carbocycles. The summed E-state index contributed by atoms with van der Waals surface area (Å²) < 4.78 is 5.45. The van der Waals surface area contributed by atoms with Crippen molar-refractivity contribution in [3.05, 3.63) is 39.9 Å². The lowest BCUT2D eigenvalue weighted by Gasteiger charge is -2.21. The van der Waals surface area contributed by atoms with Crippen LogP contribution in [0, 0.1) is 10.1 Å². The highest BCUT2D eigenvalue weighted by Crippen LogP contribution is 2.27. The fourth-order valence-corrected chi connectivity index (χ4v) is 1.83. The third-order valence-corrected chi connectivity index (χ3v) is 2.68. The maximum atomic E-state index is 11.3. The van der Waals surface area contributed by atoms with Crippen molar-refractivity contribution in [3.8, 4) is 0 Å². The number of hydrogen-bond donors (Lipinski definition) is 0. The Hall–Kier alpha value is -1.95. The largest absolute Gasteiger partial charge is 0.352 e. The Kier molecular flexibility index (Phi) is 3.06. The summed E-state index contributed by atoms with van der Waals surface area (Å²) in [7, 11) is 0. The van der Waals surface area contributed by atoms with Crippen LogP contribution in [-0.2, 0) is 9.53 Å². The molecule has 1 unspecified atom stereocenters. The third-order valence-electron chi connectivity index (χ3n) is 2.68. The molecule has 0 N–H and O–H groups in total. The number of nitro benzene ring substituents is 1. The Bertz CT molecular complexity index is 443. The molecule has 1 atom stereocenters. The standard InChI is InChI=1S/C11H12N2O4/c1-8(14)12-6-7-17-11(12)9-2-4-10(5-3-9)13(15)16/h2-5,11H,6-7H2,1H3. The Morgan fingerprint density at radius 2 is 2.12 bits per heavy atom. The van der Waals surface area contributed by atoms with E-state index in [1.807, 2.05) is 0 Å². The van der Waals surface area contributed by atoms with Gasteiger partial charge in [-0.3, -0.25) is 14.9 Å². The average Bonchev–Trinajstić information content (AvgIpc) is 2.78. The van der Waals surface area contributed by atoms with Crippen LogP contribution in [0.15, 0.2) is 24.3 Å². The Labute approximate surface area is 97.9 Å². The second-order valence-electron chi connectivity index (χ2n) is 3.78. The van der Waals surface area contributed by atoms with Crippen molar-refractivity contribution < 1.29 is 14.5 Å². The fourth-order valence-electron chi connectivity index (χ4n) is 1.83. The highest BCUT2D eigenvalue weighted by Gasteiger charge is 2.28. The van der Waals surface area contributed by atoms with Crippen molar-refractivity contribution in [2.75, 3.05) is 13.2 Å². The van der Waals surface area contributed by atoms with Crippen molar-refractivity contribution in [2.24, 2.45) is 0 Å². The molecule has 1 saturated heterocycles. The van der Waals surface area contributed by atoms with Crippen molar-refractivity contribution in [1.82, 2.24) is 4.90 Å². The lowest BCUT2D eigenvalue weighted by molar-refractivity contribution is -0.384. The number of amides is 1. The summed E-state index contributed by atoms with van der Waals surface area (Å²) in [4.78, 5) is 23.0. The molecule has 0 saturated carbocycles. The Morgan fingerprint density at radius 1 is 1.47 bits per heavy atom. The van der Waals surface area contributed by atoms with Gasteiger partial charge in [0.05, 0.1) is 11.5 Å². The number of nitrogens with zero attached hydrogens (tertiary/aromatic N) is 2. The number of carbonyl (C=O) groups excluding carboxylic acids is 1. The number of hydrogen-bond acceptors (Lipinski definition) is 4. The minimum absolute atomic E-state index is 0.0288. The lowest BCUT2D eigenvalue weighted by Crippen LogP contribution is -2.28. The zero-order valence-corrected chi connectivity index (χ0v) is 9.33. The number of non-ortho nitro benzene ring substituents is 1. The first-order valence-corrected chi connectivity index (χ1v) is 5.23. The SMILES string of the molecule is CC(=O)N1CCOC1c1ccc([N+](=O)[O-])cc1. The molecule has 1 aliphatic rings. The monoisotopic (exact) mass is 236 g/mol. The van der Waals surface area contributed by atoms with Crippen molar-refractivity contribution >= 4 is 11.6 Å². The molecular weight excluding hydrogens is 224 g/mol. The Balaban J connectivity index is 2.22. The van der Waals surface area contributed by atoms with Crippen LogP contribution >= 0.6 is 0 Å². The molecule has 1 aliphatic heterocycles. The first-order chi connectivity index (χ1) is 8.09. The second-order valence-corrected chi connectivity index (χ2v) is 3.78. The van der Waals surface area contributed by atoms with Gasteiger partial charge in [0, 0.05) is 31.2 Å². The highest BCUT2D eigenvalue weighted by molar-refractivity contribution is 5.73. The Morgan fingerprint density at radius 3 is 2.65 bits per heavy atom. The van der Waals surface area contributed by atoms with E-state index in [4.69, 9.17) is 4.74 Å². The first kappa shape index (κ1) is 11.5. The van der Waals surface area contributed by atoms with E-state index < -0.39 is 11.2 Å². The van der Waals surface area contributed by atoms with E-state index in [1.165, 1.54) is 19.1 Å². The molecule has 0 spiro atoms. The van der Waals surface area contributed by atoms with E-state index in [2.05, 4.69) is 0 Å². The molecule has 2 rings (SSSR count). The van der Waals surface area contributed by atoms with Crippen LogP contribution in [0.4, 0.5) is 5.69 Å². The predicted molar refractivity (Wildman–Crippen MR) is 59.2 cm³/mol. The summed E-state index contributed by atoms with van der Waals surface area (Å²) in [6.45, 7) is 2.52. The maximum Gasteiger partial charge on any atom is 0.269 e. The van der Waals surface area contributed by atoms with E-state index in [0.717, 1.165) is 5.56 Å². The van der Waals surface area contributed by atoms with Gasteiger partial charge in [0.1, 0.15) is 0 Å². The van der Waals surface area contributed by atoms with Crippen LogP contribution in [0.2, 0.25) is 0 Å². The van der Waals surface area contributed by atoms with Crippen LogP contribution in [-0.4, -0.2) is 28.9 Å². The van der Waals surface area contributed by atoms with E-state index in [1.54, 1.807) is 17.0 Å². The van der Waals surface area contributed by atoms with Gasteiger partial charge in [0.25, 0.3) is 5.69 Å². The molecule has 6 nitrogen and oxygen atoms in total. The molecule has 90 valence electrons. The molecular formula is C11H12N2O4. The summed E-state index contributed by atoms with van der Waals surface area (Å²) in [5.41, 5.74) is 0.782. The molecule has 0 bridgehead atoms. The summed E-state index contributed by atoms with van der Waals surface area (Å²) in [5.74, 6) is -0.0640. The molecule has 0 radical (unpaired) electrons. The quantitative estimate of drug-likeness (QED) is 0.575. The molecule has 1 amide bonds. The predicted octanol–water partition coefficient (Wildman–Crippen LogP) is 1.47. The van der Waals surface area contributed by atoms with Crippen molar-refractivity contribution in [3.63, 3.8) is 0 Å².